The van der Waals surface area contributed by atoms with Crippen LogP contribution >= 0.6 is 0 Å². The van der Waals surface area contributed by atoms with Gasteiger partial charge in [-0.05, 0) is 55.8 Å². The van der Waals surface area contributed by atoms with Crippen LogP contribution in [0.25, 0.3) is 11.0 Å². The number of nitrogens with one attached hydrogen (secondary N) is 1. The Hall–Kier alpha value is -4.13. The van der Waals surface area contributed by atoms with Crippen molar-refractivity contribution in [1.82, 2.24) is 14.5 Å². The van der Waals surface area contributed by atoms with Crippen LogP contribution in [0.1, 0.15) is 43.7 Å². The van der Waals surface area contributed by atoms with E-state index < -0.39 is 6.04 Å². The highest BCUT2D eigenvalue weighted by molar-refractivity contribution is 5.96. The van der Waals surface area contributed by atoms with Crippen LogP contribution in [-0.4, -0.2) is 32.9 Å². The van der Waals surface area contributed by atoms with Gasteiger partial charge in [-0.3, -0.25) is 9.59 Å². The number of anilines is 1. The SMILES string of the molecule is CCOc1ccc(NC(=O)C[C@H]2C(=O)N(Cc3ccccc3)[C@@H](C)c3nc4ccccc4n32)cc1. The summed E-state index contributed by atoms with van der Waals surface area (Å²) in [6.45, 7) is 4.96. The summed E-state index contributed by atoms with van der Waals surface area (Å²) >= 11 is 0. The fourth-order valence-electron chi connectivity index (χ4n) is 4.68. The molecule has 0 fully saturated rings. The van der Waals surface area contributed by atoms with E-state index in [4.69, 9.17) is 9.72 Å². The molecule has 0 bridgehead atoms. The number of para-hydroxylation sites is 2. The number of amides is 2. The molecule has 0 saturated heterocycles. The van der Waals surface area contributed by atoms with Gasteiger partial charge in [0, 0.05) is 12.2 Å². The molecule has 7 nitrogen and oxygen atoms in total. The highest BCUT2D eigenvalue weighted by Crippen LogP contribution is 2.37. The van der Waals surface area contributed by atoms with Gasteiger partial charge in [-0.25, -0.2) is 4.98 Å². The van der Waals surface area contributed by atoms with Crippen molar-refractivity contribution in [2.45, 2.75) is 38.9 Å². The third-order valence-electron chi connectivity index (χ3n) is 6.37. The first kappa shape index (κ1) is 22.7. The zero-order valence-corrected chi connectivity index (χ0v) is 19.8. The average Bonchev–Trinajstić information content (AvgIpc) is 3.26. The van der Waals surface area contributed by atoms with Gasteiger partial charge in [0.15, 0.2) is 0 Å². The molecule has 2 heterocycles. The van der Waals surface area contributed by atoms with Crippen molar-refractivity contribution in [3.05, 3.63) is 90.3 Å². The molecule has 4 aromatic rings. The zero-order valence-electron chi connectivity index (χ0n) is 19.8. The smallest absolute Gasteiger partial charge is 0.247 e. The van der Waals surface area contributed by atoms with Crippen LogP contribution in [0.2, 0.25) is 0 Å². The Morgan fingerprint density at radius 1 is 1.00 bits per heavy atom. The third kappa shape index (κ3) is 4.49. The number of fused-ring (bicyclic) bond motifs is 3. The lowest BCUT2D eigenvalue weighted by Gasteiger charge is -2.38. The molecule has 1 aliphatic heterocycles. The molecule has 0 radical (unpaired) electrons. The maximum Gasteiger partial charge on any atom is 0.247 e. The van der Waals surface area contributed by atoms with Crippen LogP contribution in [-0.2, 0) is 16.1 Å². The molecule has 178 valence electrons. The van der Waals surface area contributed by atoms with Crippen LogP contribution in [0.3, 0.4) is 0 Å². The summed E-state index contributed by atoms with van der Waals surface area (Å²) in [7, 11) is 0. The molecular formula is C28H28N4O3. The molecular weight excluding hydrogens is 440 g/mol. The number of carbonyl (C=O) groups is 2. The Bertz CT molecular complexity index is 1350. The molecule has 35 heavy (non-hydrogen) atoms. The minimum atomic E-state index is -0.681. The van der Waals surface area contributed by atoms with E-state index in [1.54, 1.807) is 12.1 Å². The normalized spacial score (nSPS) is 17.3. The van der Waals surface area contributed by atoms with E-state index >= 15 is 0 Å². The Labute approximate surface area is 204 Å². The maximum absolute atomic E-state index is 13.8. The second-order valence-corrected chi connectivity index (χ2v) is 8.68. The number of ether oxygens (including phenoxy) is 1. The summed E-state index contributed by atoms with van der Waals surface area (Å²) in [5.74, 6) is 1.22. The van der Waals surface area contributed by atoms with E-state index in [1.165, 1.54) is 0 Å². The molecule has 2 atom stereocenters. The number of benzene rings is 3. The van der Waals surface area contributed by atoms with Crippen molar-refractivity contribution < 1.29 is 14.3 Å². The quantitative estimate of drug-likeness (QED) is 0.409. The molecule has 2 amide bonds. The summed E-state index contributed by atoms with van der Waals surface area (Å²) in [6, 6.07) is 24.0. The number of aromatic nitrogens is 2. The number of imidazole rings is 1. The van der Waals surface area contributed by atoms with Crippen LogP contribution in [0.15, 0.2) is 78.9 Å². The van der Waals surface area contributed by atoms with Gasteiger partial charge < -0.3 is 19.5 Å². The first-order chi connectivity index (χ1) is 17.0. The summed E-state index contributed by atoms with van der Waals surface area (Å²) in [6.07, 6.45) is 0.0113. The Balaban J connectivity index is 1.45. The molecule has 0 spiro atoms. The molecule has 7 heteroatoms. The lowest BCUT2D eigenvalue weighted by atomic mass is 10.0. The van der Waals surface area contributed by atoms with E-state index in [-0.39, 0.29) is 24.3 Å². The van der Waals surface area contributed by atoms with Crippen LogP contribution in [0.5, 0.6) is 5.75 Å². The van der Waals surface area contributed by atoms with E-state index in [1.807, 2.05) is 90.0 Å². The van der Waals surface area contributed by atoms with Gasteiger partial charge in [0.1, 0.15) is 17.6 Å². The van der Waals surface area contributed by atoms with Crippen molar-refractivity contribution in [3.63, 3.8) is 0 Å². The second-order valence-electron chi connectivity index (χ2n) is 8.68. The first-order valence-electron chi connectivity index (χ1n) is 11.9. The first-order valence-corrected chi connectivity index (χ1v) is 11.9. The fraction of sp³-hybridized carbons (Fsp3) is 0.250. The second kappa shape index (κ2) is 9.62. The van der Waals surface area contributed by atoms with Crippen molar-refractivity contribution in [3.8, 4) is 5.75 Å². The Kier molecular flexibility index (Phi) is 6.23. The zero-order chi connectivity index (χ0) is 24.4. The number of hydrogen-bond donors (Lipinski definition) is 1. The van der Waals surface area contributed by atoms with E-state index in [0.29, 0.717) is 18.8 Å². The highest BCUT2D eigenvalue weighted by Gasteiger charge is 2.40. The van der Waals surface area contributed by atoms with Gasteiger partial charge in [0.05, 0.1) is 30.1 Å². The van der Waals surface area contributed by atoms with Gasteiger partial charge in [-0.1, -0.05) is 42.5 Å². The lowest BCUT2D eigenvalue weighted by molar-refractivity contribution is -0.142. The Morgan fingerprint density at radius 3 is 2.46 bits per heavy atom. The molecule has 0 aliphatic carbocycles. The van der Waals surface area contributed by atoms with Crippen molar-refractivity contribution >= 4 is 28.5 Å². The highest BCUT2D eigenvalue weighted by atomic mass is 16.5. The van der Waals surface area contributed by atoms with Crippen LogP contribution < -0.4 is 10.1 Å². The molecule has 1 N–H and O–H groups in total. The van der Waals surface area contributed by atoms with Crippen molar-refractivity contribution in [1.29, 1.82) is 0 Å². The summed E-state index contributed by atoms with van der Waals surface area (Å²) in [5.41, 5.74) is 3.38. The predicted octanol–water partition coefficient (Wildman–Crippen LogP) is 5.11. The van der Waals surface area contributed by atoms with E-state index in [9.17, 15) is 9.59 Å². The minimum Gasteiger partial charge on any atom is -0.494 e. The van der Waals surface area contributed by atoms with Gasteiger partial charge in [-0.2, -0.15) is 0 Å². The average molecular weight is 469 g/mol. The fourth-order valence-corrected chi connectivity index (χ4v) is 4.68. The van der Waals surface area contributed by atoms with E-state index in [0.717, 1.165) is 28.2 Å². The lowest BCUT2D eigenvalue weighted by Crippen LogP contribution is -2.45. The number of carbonyl (C=O) groups excluding carboxylic acids is 2. The number of hydrogen-bond acceptors (Lipinski definition) is 4. The van der Waals surface area contributed by atoms with Crippen molar-refractivity contribution in [2.75, 3.05) is 11.9 Å². The molecule has 0 unspecified atom stereocenters. The van der Waals surface area contributed by atoms with Gasteiger partial charge in [0.2, 0.25) is 11.8 Å². The van der Waals surface area contributed by atoms with Gasteiger partial charge >= 0.3 is 0 Å². The number of rotatable bonds is 7. The molecule has 5 rings (SSSR count). The standard InChI is InChI=1S/C28H28N4O3/c1-3-35-22-15-13-21(14-16-22)29-26(33)17-25-28(34)31(18-20-9-5-4-6-10-20)19(2)27-30-23-11-7-8-12-24(23)32(25)27/h4-16,19,25H,3,17-18H2,1-2H3,(H,29,33)/t19-,25-/m0/s1. The summed E-state index contributed by atoms with van der Waals surface area (Å²) in [5, 5.41) is 2.93. The monoisotopic (exact) mass is 468 g/mol. The maximum atomic E-state index is 13.8. The van der Waals surface area contributed by atoms with Crippen LogP contribution in [0.4, 0.5) is 5.69 Å². The van der Waals surface area contributed by atoms with Gasteiger partial charge in [-0.15, -0.1) is 0 Å². The summed E-state index contributed by atoms with van der Waals surface area (Å²) in [4.78, 5) is 33.6. The Morgan fingerprint density at radius 2 is 1.71 bits per heavy atom. The van der Waals surface area contributed by atoms with Crippen LogP contribution in [0, 0.1) is 0 Å². The topological polar surface area (TPSA) is 76.5 Å². The number of nitrogens with zero attached hydrogens (tertiary/aromatic N) is 3. The van der Waals surface area contributed by atoms with E-state index in [2.05, 4.69) is 5.32 Å². The van der Waals surface area contributed by atoms with Crippen molar-refractivity contribution in [2.24, 2.45) is 0 Å². The molecule has 1 aromatic heterocycles. The van der Waals surface area contributed by atoms with Gasteiger partial charge in [0.25, 0.3) is 0 Å². The minimum absolute atomic E-state index is 0.0113. The summed E-state index contributed by atoms with van der Waals surface area (Å²) < 4.78 is 7.42. The molecule has 1 aliphatic rings. The molecule has 3 aromatic carbocycles. The molecule has 0 saturated carbocycles. The predicted molar refractivity (Wildman–Crippen MR) is 135 cm³/mol. The largest absolute Gasteiger partial charge is 0.494 e. The third-order valence-corrected chi connectivity index (χ3v) is 6.37.